The normalized spacial score (nSPS) is 36.0. The molecule has 152 valence electrons. The predicted molar refractivity (Wildman–Crippen MR) is 106 cm³/mol. The molecule has 0 aromatic carbocycles. The van der Waals surface area contributed by atoms with E-state index in [1.165, 1.54) is 6.42 Å². The van der Waals surface area contributed by atoms with E-state index in [1.54, 1.807) is 11.9 Å². The molecule has 3 aliphatic carbocycles. The number of nitrogens with zero attached hydrogens (tertiary/aromatic N) is 1. The van der Waals surface area contributed by atoms with Crippen LogP contribution in [0.25, 0.3) is 0 Å². The summed E-state index contributed by atoms with van der Waals surface area (Å²) >= 11 is 0. The number of carbonyl (C=O) groups is 2. The van der Waals surface area contributed by atoms with Gasteiger partial charge in [-0.2, -0.15) is 0 Å². The molecule has 1 saturated carbocycles. The monoisotopic (exact) mass is 385 g/mol. The molecule has 0 saturated heterocycles. The van der Waals surface area contributed by atoms with Crippen molar-refractivity contribution in [1.29, 1.82) is 0 Å². The molecule has 0 bridgehead atoms. The molecule has 5 heteroatoms. The van der Waals surface area contributed by atoms with Crippen LogP contribution in [0.1, 0.15) is 59.3 Å². The lowest BCUT2D eigenvalue weighted by atomic mass is 9.59. The Morgan fingerprint density at radius 3 is 2.64 bits per heavy atom. The van der Waals surface area contributed by atoms with E-state index in [0.29, 0.717) is 0 Å². The van der Waals surface area contributed by atoms with Gasteiger partial charge in [-0.25, -0.2) is 0 Å². The zero-order valence-corrected chi connectivity index (χ0v) is 17.3. The van der Waals surface area contributed by atoms with Gasteiger partial charge in [-0.1, -0.05) is 33.1 Å². The number of aliphatic hydroxyl groups is 1. The lowest BCUT2D eigenvalue weighted by molar-refractivity contribution is -0.167. The van der Waals surface area contributed by atoms with Crippen LogP contribution in [0.15, 0.2) is 34.6 Å². The third-order valence-corrected chi connectivity index (χ3v) is 7.62. The highest BCUT2D eigenvalue weighted by atomic mass is 16.6. The number of allylic oxidation sites excluding steroid dienone is 3. The minimum atomic E-state index is -0.823. The van der Waals surface area contributed by atoms with E-state index in [9.17, 15) is 14.7 Å². The molecule has 1 amide bonds. The highest BCUT2D eigenvalue weighted by Crippen LogP contribution is 2.54. The summed E-state index contributed by atoms with van der Waals surface area (Å²) in [6, 6.07) is 0. The molecular weight excluding hydrogens is 354 g/mol. The van der Waals surface area contributed by atoms with Crippen molar-refractivity contribution in [2.24, 2.45) is 17.3 Å². The molecule has 0 unspecified atom stereocenters. The first kappa shape index (κ1) is 19.4. The first-order valence-electron chi connectivity index (χ1n) is 10.5. The molecule has 4 aliphatic rings. The molecule has 0 spiro atoms. The number of esters is 1. The third-order valence-electron chi connectivity index (χ3n) is 7.62. The van der Waals surface area contributed by atoms with E-state index in [0.717, 1.165) is 54.5 Å². The minimum absolute atomic E-state index is 0.0322. The number of rotatable bonds is 2. The zero-order valence-electron chi connectivity index (χ0n) is 17.3. The van der Waals surface area contributed by atoms with Crippen LogP contribution in [0.4, 0.5) is 0 Å². The van der Waals surface area contributed by atoms with Crippen LogP contribution in [0.3, 0.4) is 0 Å². The summed E-state index contributed by atoms with van der Waals surface area (Å²) in [7, 11) is 1.80. The van der Waals surface area contributed by atoms with Gasteiger partial charge in [0.25, 0.3) is 5.91 Å². The molecule has 4 rings (SSSR count). The first-order chi connectivity index (χ1) is 13.2. The predicted octanol–water partition coefficient (Wildman–Crippen LogP) is 3.50. The minimum Gasteiger partial charge on any atom is -0.459 e. The maximum atomic E-state index is 12.7. The maximum absolute atomic E-state index is 12.7. The average Bonchev–Trinajstić information content (AvgIpc) is 2.89. The van der Waals surface area contributed by atoms with E-state index >= 15 is 0 Å². The highest BCUT2D eigenvalue weighted by Gasteiger charge is 2.51. The second-order valence-corrected chi connectivity index (χ2v) is 9.23. The SMILES string of the molecule is CC1=C2C[C@@]3(C)C(=C[C@@H](O)[C@H](OC(=O)C4CCCCC4)[C@@H]3C)C=C2N(C)C1=O. The third kappa shape index (κ3) is 2.86. The topological polar surface area (TPSA) is 66.8 Å². The van der Waals surface area contributed by atoms with Crippen molar-refractivity contribution < 1.29 is 19.4 Å². The van der Waals surface area contributed by atoms with Crippen molar-refractivity contribution in [1.82, 2.24) is 4.90 Å². The number of hydrogen-bond donors (Lipinski definition) is 1. The Hall–Kier alpha value is -1.88. The molecule has 0 aromatic rings. The Morgan fingerprint density at radius 2 is 1.96 bits per heavy atom. The lowest BCUT2D eigenvalue weighted by Gasteiger charge is -2.48. The van der Waals surface area contributed by atoms with E-state index in [2.05, 4.69) is 13.8 Å². The highest BCUT2D eigenvalue weighted by molar-refractivity contribution is 6.00. The van der Waals surface area contributed by atoms with Crippen molar-refractivity contribution in [2.75, 3.05) is 7.05 Å². The Labute approximate surface area is 167 Å². The van der Waals surface area contributed by atoms with Crippen LogP contribution < -0.4 is 0 Å². The Balaban J connectivity index is 1.62. The van der Waals surface area contributed by atoms with Crippen LogP contribution >= 0.6 is 0 Å². The number of carbonyl (C=O) groups excluding carboxylic acids is 2. The molecular formula is C23H31NO4. The summed E-state index contributed by atoms with van der Waals surface area (Å²) < 4.78 is 5.90. The van der Waals surface area contributed by atoms with Gasteiger partial charge >= 0.3 is 5.97 Å². The van der Waals surface area contributed by atoms with Crippen molar-refractivity contribution >= 4 is 11.9 Å². The van der Waals surface area contributed by atoms with Gasteiger partial charge in [0.05, 0.1) is 5.92 Å². The lowest BCUT2D eigenvalue weighted by Crippen LogP contribution is -2.49. The number of hydrogen-bond acceptors (Lipinski definition) is 4. The average molecular weight is 386 g/mol. The van der Waals surface area contributed by atoms with Crippen LogP contribution in [0.2, 0.25) is 0 Å². The second-order valence-electron chi connectivity index (χ2n) is 9.23. The van der Waals surface area contributed by atoms with Crippen LogP contribution in [-0.2, 0) is 14.3 Å². The Morgan fingerprint density at radius 1 is 1.29 bits per heavy atom. The fourth-order valence-electron chi connectivity index (χ4n) is 5.41. The van der Waals surface area contributed by atoms with Gasteiger partial charge in [-0.3, -0.25) is 9.59 Å². The molecule has 28 heavy (non-hydrogen) atoms. The Bertz CT molecular complexity index is 801. The van der Waals surface area contributed by atoms with E-state index < -0.39 is 12.2 Å². The van der Waals surface area contributed by atoms with Crippen molar-refractivity contribution in [3.8, 4) is 0 Å². The molecule has 1 N–H and O–H groups in total. The van der Waals surface area contributed by atoms with Gasteiger partial charge in [-0.05, 0) is 49.5 Å². The van der Waals surface area contributed by atoms with Crippen LogP contribution in [0.5, 0.6) is 0 Å². The molecule has 1 heterocycles. The van der Waals surface area contributed by atoms with Gasteiger partial charge in [0, 0.05) is 29.7 Å². The van der Waals surface area contributed by atoms with Crippen LogP contribution in [-0.4, -0.2) is 41.1 Å². The second kappa shape index (κ2) is 6.87. The summed E-state index contributed by atoms with van der Waals surface area (Å²) in [4.78, 5) is 26.8. The summed E-state index contributed by atoms with van der Waals surface area (Å²) in [6.07, 6.45) is 8.33. The van der Waals surface area contributed by atoms with Gasteiger partial charge in [0.2, 0.25) is 0 Å². The molecule has 1 aliphatic heterocycles. The van der Waals surface area contributed by atoms with Crippen molar-refractivity contribution in [3.05, 3.63) is 34.6 Å². The fraction of sp³-hybridized carbons (Fsp3) is 0.652. The van der Waals surface area contributed by atoms with Gasteiger partial charge in [0.1, 0.15) is 12.2 Å². The summed E-state index contributed by atoms with van der Waals surface area (Å²) in [5, 5.41) is 10.8. The smallest absolute Gasteiger partial charge is 0.309 e. The number of aliphatic hydroxyl groups excluding tert-OH is 1. The number of fused-ring (bicyclic) bond motifs is 2. The molecule has 0 aromatic heterocycles. The molecule has 5 nitrogen and oxygen atoms in total. The summed E-state index contributed by atoms with van der Waals surface area (Å²) in [5.74, 6) is -0.198. The largest absolute Gasteiger partial charge is 0.459 e. The molecule has 1 fully saturated rings. The quantitative estimate of drug-likeness (QED) is 0.739. The van der Waals surface area contributed by atoms with Crippen molar-refractivity contribution in [3.63, 3.8) is 0 Å². The fourth-order valence-corrected chi connectivity index (χ4v) is 5.41. The first-order valence-corrected chi connectivity index (χ1v) is 10.5. The van der Waals surface area contributed by atoms with Gasteiger partial charge in [-0.15, -0.1) is 0 Å². The maximum Gasteiger partial charge on any atom is 0.309 e. The molecule has 0 radical (unpaired) electrons. The van der Waals surface area contributed by atoms with Gasteiger partial charge in [0.15, 0.2) is 0 Å². The zero-order chi connectivity index (χ0) is 20.2. The van der Waals surface area contributed by atoms with Crippen LogP contribution in [0, 0.1) is 17.3 Å². The number of likely N-dealkylation sites (N-methyl/N-ethyl adjacent to an activating group) is 1. The van der Waals surface area contributed by atoms with Gasteiger partial charge < -0.3 is 14.7 Å². The van der Waals surface area contributed by atoms with E-state index in [1.807, 2.05) is 19.1 Å². The van der Waals surface area contributed by atoms with E-state index in [4.69, 9.17) is 4.74 Å². The summed E-state index contributed by atoms with van der Waals surface area (Å²) in [6.45, 7) is 6.10. The number of amides is 1. The Kier molecular flexibility index (Phi) is 4.77. The van der Waals surface area contributed by atoms with Crippen molar-refractivity contribution in [2.45, 2.75) is 71.5 Å². The standard InChI is InChI=1S/C23H31NO4/c1-13-17-12-23(3)14(2)20(28-22(27)15-8-6-5-7-9-15)19(25)11-16(23)10-18(17)24(4)21(13)26/h10-11,14-15,19-20,25H,5-9,12H2,1-4H3/t14-,19+,20+,23+/m0/s1. The molecule has 4 atom stereocenters. The number of ether oxygens (including phenoxy) is 1. The summed E-state index contributed by atoms with van der Waals surface area (Å²) in [5.41, 5.74) is 3.56. The van der Waals surface area contributed by atoms with E-state index in [-0.39, 0.29) is 29.1 Å².